The molecular weight excluding hydrogens is 238 g/mol. The maximum Gasteiger partial charge on any atom is 0.0565 e. The number of rotatable bonds is 5. The second kappa shape index (κ2) is 7.61. The molecule has 0 radical (unpaired) electrons. The zero-order valence-corrected chi connectivity index (χ0v) is 12.6. The minimum atomic E-state index is 0.308. The second-order valence-corrected chi connectivity index (χ2v) is 6.61. The molecule has 0 aromatic heterocycles. The van der Waals surface area contributed by atoms with E-state index in [2.05, 4.69) is 19.2 Å². The summed E-state index contributed by atoms with van der Waals surface area (Å²) in [7, 11) is 0. The van der Waals surface area contributed by atoms with Gasteiger partial charge in [-0.15, -0.1) is 0 Å². The Kier molecular flexibility index (Phi) is 6.11. The Bertz CT molecular complexity index is 243. The van der Waals surface area contributed by atoms with Crippen molar-refractivity contribution in [3.8, 4) is 0 Å². The van der Waals surface area contributed by atoms with Gasteiger partial charge in [0, 0.05) is 18.7 Å². The summed E-state index contributed by atoms with van der Waals surface area (Å²) in [5.41, 5.74) is 0. The molecule has 3 nitrogen and oxygen atoms in total. The van der Waals surface area contributed by atoms with Gasteiger partial charge in [-0.1, -0.05) is 19.3 Å². The molecule has 19 heavy (non-hydrogen) atoms. The van der Waals surface area contributed by atoms with Crippen LogP contribution in [0.25, 0.3) is 0 Å². The van der Waals surface area contributed by atoms with Crippen LogP contribution in [-0.2, 0) is 4.74 Å². The van der Waals surface area contributed by atoms with Crippen LogP contribution in [0.3, 0.4) is 0 Å². The van der Waals surface area contributed by atoms with Gasteiger partial charge in [-0.2, -0.15) is 0 Å². The van der Waals surface area contributed by atoms with Crippen molar-refractivity contribution in [2.24, 2.45) is 5.92 Å². The summed E-state index contributed by atoms with van der Waals surface area (Å²) >= 11 is 0. The highest BCUT2D eigenvalue weighted by Crippen LogP contribution is 2.29. The molecule has 0 bridgehead atoms. The number of nitrogens with one attached hydrogen (secondary N) is 1. The Morgan fingerprint density at radius 2 is 1.74 bits per heavy atom. The van der Waals surface area contributed by atoms with Crippen molar-refractivity contribution >= 4 is 0 Å². The lowest BCUT2D eigenvalue weighted by atomic mass is 9.82. The average Bonchev–Trinajstić information content (AvgIpc) is 2.38. The van der Waals surface area contributed by atoms with Gasteiger partial charge in [0.25, 0.3) is 0 Å². The molecule has 2 rings (SSSR count). The fourth-order valence-electron chi connectivity index (χ4n) is 3.97. The lowest BCUT2D eigenvalue weighted by Gasteiger charge is -2.38. The third-order valence-electron chi connectivity index (χ3n) is 4.81. The Morgan fingerprint density at radius 3 is 2.32 bits per heavy atom. The molecular formula is C16H31NO2. The first-order valence-corrected chi connectivity index (χ1v) is 8.21. The molecule has 0 amide bonds. The predicted molar refractivity (Wildman–Crippen MR) is 78.2 cm³/mol. The number of hydrogen-bond acceptors (Lipinski definition) is 3. The van der Waals surface area contributed by atoms with Gasteiger partial charge < -0.3 is 15.2 Å². The molecule has 2 aliphatic rings. The first-order chi connectivity index (χ1) is 9.19. The van der Waals surface area contributed by atoms with Crippen molar-refractivity contribution in [2.75, 3.05) is 6.61 Å². The second-order valence-electron chi connectivity index (χ2n) is 6.61. The fraction of sp³-hybridized carbons (Fsp3) is 1.00. The largest absolute Gasteiger partial charge is 0.396 e. The number of aliphatic hydroxyl groups is 1. The van der Waals surface area contributed by atoms with Crippen LogP contribution in [-0.4, -0.2) is 36.0 Å². The smallest absolute Gasteiger partial charge is 0.0565 e. The molecule has 3 atom stereocenters. The van der Waals surface area contributed by atoms with Crippen LogP contribution in [0.15, 0.2) is 0 Å². The van der Waals surface area contributed by atoms with Gasteiger partial charge in [0.1, 0.15) is 0 Å². The summed E-state index contributed by atoms with van der Waals surface area (Å²) < 4.78 is 5.81. The Balaban J connectivity index is 1.87. The van der Waals surface area contributed by atoms with Crippen LogP contribution in [0.2, 0.25) is 0 Å². The Hall–Kier alpha value is -0.120. The molecule has 1 saturated carbocycles. The van der Waals surface area contributed by atoms with E-state index in [1.807, 2.05) is 0 Å². The average molecular weight is 269 g/mol. The van der Waals surface area contributed by atoms with Gasteiger partial charge in [-0.25, -0.2) is 0 Å². The monoisotopic (exact) mass is 269 g/mol. The van der Waals surface area contributed by atoms with E-state index in [0.717, 1.165) is 25.2 Å². The number of aliphatic hydroxyl groups excluding tert-OH is 1. The summed E-state index contributed by atoms with van der Waals surface area (Å²) in [5.74, 6) is 0.773. The van der Waals surface area contributed by atoms with E-state index in [0.29, 0.717) is 30.9 Å². The third-order valence-corrected chi connectivity index (χ3v) is 4.81. The maximum absolute atomic E-state index is 9.34. The van der Waals surface area contributed by atoms with E-state index in [-0.39, 0.29) is 0 Å². The van der Waals surface area contributed by atoms with Gasteiger partial charge in [0.05, 0.1) is 12.2 Å². The van der Waals surface area contributed by atoms with Crippen LogP contribution in [0.1, 0.15) is 65.2 Å². The Labute approximate surface area is 118 Å². The molecule has 2 N–H and O–H groups in total. The molecule has 1 heterocycles. The third kappa shape index (κ3) is 4.73. The van der Waals surface area contributed by atoms with Crippen LogP contribution in [0.4, 0.5) is 0 Å². The van der Waals surface area contributed by atoms with Gasteiger partial charge in [-0.3, -0.25) is 0 Å². The molecule has 1 aliphatic carbocycles. The summed E-state index contributed by atoms with van der Waals surface area (Å²) in [6.45, 7) is 4.65. The van der Waals surface area contributed by atoms with Crippen molar-refractivity contribution in [1.29, 1.82) is 0 Å². The molecule has 0 aromatic carbocycles. The molecule has 3 unspecified atom stereocenters. The van der Waals surface area contributed by atoms with E-state index in [9.17, 15) is 5.11 Å². The SMILES string of the molecule is CC1CC(NC(CCO)C2CCCCC2)CC(C)O1. The lowest BCUT2D eigenvalue weighted by Crippen LogP contribution is -2.48. The van der Waals surface area contributed by atoms with E-state index in [1.165, 1.54) is 32.1 Å². The van der Waals surface area contributed by atoms with Crippen LogP contribution >= 0.6 is 0 Å². The standard InChI is InChI=1S/C16H31NO2/c1-12-10-15(11-13(2)19-12)17-16(8-9-18)14-6-4-3-5-7-14/h12-18H,3-11H2,1-2H3. The zero-order valence-electron chi connectivity index (χ0n) is 12.6. The molecule has 0 aromatic rings. The predicted octanol–water partition coefficient (Wildman–Crippen LogP) is 2.86. The fourth-order valence-corrected chi connectivity index (χ4v) is 3.97. The Morgan fingerprint density at radius 1 is 1.11 bits per heavy atom. The summed E-state index contributed by atoms with van der Waals surface area (Å²) in [5, 5.41) is 13.2. The van der Waals surface area contributed by atoms with E-state index in [1.54, 1.807) is 0 Å². The maximum atomic E-state index is 9.34. The van der Waals surface area contributed by atoms with Crippen LogP contribution < -0.4 is 5.32 Å². The molecule has 0 spiro atoms. The topological polar surface area (TPSA) is 41.5 Å². The first-order valence-electron chi connectivity index (χ1n) is 8.21. The van der Waals surface area contributed by atoms with E-state index >= 15 is 0 Å². The van der Waals surface area contributed by atoms with Crippen molar-refractivity contribution in [3.05, 3.63) is 0 Å². The minimum absolute atomic E-state index is 0.308. The number of hydrogen-bond donors (Lipinski definition) is 2. The summed E-state index contributed by atoms with van der Waals surface area (Å²) in [6, 6.07) is 1.07. The van der Waals surface area contributed by atoms with Crippen LogP contribution in [0.5, 0.6) is 0 Å². The first kappa shape index (κ1) is 15.3. The van der Waals surface area contributed by atoms with Crippen molar-refractivity contribution in [1.82, 2.24) is 5.32 Å². The van der Waals surface area contributed by atoms with Crippen molar-refractivity contribution in [2.45, 2.75) is 89.5 Å². The summed E-state index contributed by atoms with van der Waals surface area (Å²) in [6.07, 6.45) is 10.7. The highest BCUT2D eigenvalue weighted by molar-refractivity contribution is 4.86. The zero-order chi connectivity index (χ0) is 13.7. The minimum Gasteiger partial charge on any atom is -0.396 e. The normalized spacial score (nSPS) is 35.2. The molecule has 2 fully saturated rings. The van der Waals surface area contributed by atoms with E-state index < -0.39 is 0 Å². The molecule has 1 saturated heterocycles. The summed E-state index contributed by atoms with van der Waals surface area (Å²) in [4.78, 5) is 0. The van der Waals surface area contributed by atoms with E-state index in [4.69, 9.17) is 4.74 Å². The number of ether oxygens (including phenoxy) is 1. The van der Waals surface area contributed by atoms with Crippen molar-refractivity contribution in [3.63, 3.8) is 0 Å². The van der Waals surface area contributed by atoms with Crippen LogP contribution in [0, 0.1) is 5.92 Å². The highest BCUT2D eigenvalue weighted by Gasteiger charge is 2.29. The lowest BCUT2D eigenvalue weighted by molar-refractivity contribution is -0.0453. The molecule has 3 heteroatoms. The van der Waals surface area contributed by atoms with Gasteiger partial charge >= 0.3 is 0 Å². The van der Waals surface area contributed by atoms with Gasteiger partial charge in [0.15, 0.2) is 0 Å². The van der Waals surface area contributed by atoms with Crippen molar-refractivity contribution < 1.29 is 9.84 Å². The molecule has 112 valence electrons. The quantitative estimate of drug-likeness (QED) is 0.806. The van der Waals surface area contributed by atoms with Gasteiger partial charge in [0.2, 0.25) is 0 Å². The van der Waals surface area contributed by atoms with Gasteiger partial charge in [-0.05, 0) is 51.9 Å². The molecule has 1 aliphatic heterocycles. The highest BCUT2D eigenvalue weighted by atomic mass is 16.5.